The lowest BCUT2D eigenvalue weighted by molar-refractivity contribution is 0.438. The van der Waals surface area contributed by atoms with Gasteiger partial charge in [0, 0.05) is 39.9 Å². The standard InChI is InChI=1S/C14H22ClNOS/c1-4-14(12-6-5-7-13(15)10-12)16-11(2)8-9-18(3)17/h5-7,10-11,14,16H,4,8-9H2,1-3H3. The van der Waals surface area contributed by atoms with Gasteiger partial charge in [-0.1, -0.05) is 30.7 Å². The minimum absolute atomic E-state index is 0.309. The van der Waals surface area contributed by atoms with Crippen LogP contribution in [0.5, 0.6) is 0 Å². The monoisotopic (exact) mass is 287 g/mol. The third-order valence-corrected chi connectivity index (χ3v) is 4.03. The van der Waals surface area contributed by atoms with Gasteiger partial charge in [0.2, 0.25) is 0 Å². The van der Waals surface area contributed by atoms with Crippen LogP contribution in [-0.2, 0) is 10.8 Å². The fourth-order valence-electron chi connectivity index (χ4n) is 1.94. The molecule has 0 saturated carbocycles. The Morgan fingerprint density at radius 2 is 2.17 bits per heavy atom. The molecule has 0 amide bonds. The van der Waals surface area contributed by atoms with Crippen LogP contribution in [0.15, 0.2) is 24.3 Å². The van der Waals surface area contributed by atoms with Gasteiger partial charge in [-0.3, -0.25) is 4.21 Å². The molecule has 1 N–H and O–H groups in total. The van der Waals surface area contributed by atoms with Crippen LogP contribution < -0.4 is 5.32 Å². The normalized spacial score (nSPS) is 16.2. The smallest absolute Gasteiger partial charge is 0.0409 e. The molecule has 1 rings (SSSR count). The Labute approximate surface area is 118 Å². The van der Waals surface area contributed by atoms with E-state index < -0.39 is 10.8 Å². The zero-order valence-corrected chi connectivity index (χ0v) is 12.9. The van der Waals surface area contributed by atoms with Gasteiger partial charge in [-0.15, -0.1) is 0 Å². The summed E-state index contributed by atoms with van der Waals surface area (Å²) in [6, 6.07) is 8.64. The lowest BCUT2D eigenvalue weighted by Gasteiger charge is -2.22. The second-order valence-corrected chi connectivity index (χ2v) is 6.64. The van der Waals surface area contributed by atoms with Crippen molar-refractivity contribution in [1.29, 1.82) is 0 Å². The summed E-state index contributed by atoms with van der Waals surface area (Å²) in [5, 5.41) is 4.35. The Kier molecular flexibility index (Phi) is 6.90. The molecule has 0 aliphatic rings. The van der Waals surface area contributed by atoms with Crippen molar-refractivity contribution >= 4 is 22.4 Å². The fourth-order valence-corrected chi connectivity index (χ4v) is 2.83. The van der Waals surface area contributed by atoms with Gasteiger partial charge in [-0.05, 0) is 37.5 Å². The number of halogens is 1. The molecule has 0 saturated heterocycles. The average molecular weight is 288 g/mol. The van der Waals surface area contributed by atoms with Gasteiger partial charge in [0.1, 0.15) is 0 Å². The van der Waals surface area contributed by atoms with E-state index in [9.17, 15) is 4.21 Å². The van der Waals surface area contributed by atoms with Crippen molar-refractivity contribution in [3.63, 3.8) is 0 Å². The van der Waals surface area contributed by atoms with E-state index in [0.717, 1.165) is 23.6 Å². The summed E-state index contributed by atoms with van der Waals surface area (Å²) < 4.78 is 11.1. The maximum atomic E-state index is 11.1. The number of hydrogen-bond acceptors (Lipinski definition) is 2. The molecule has 0 aliphatic heterocycles. The molecule has 1 aromatic rings. The van der Waals surface area contributed by atoms with E-state index in [1.165, 1.54) is 5.56 Å². The Morgan fingerprint density at radius 3 is 2.72 bits per heavy atom. The molecule has 2 nitrogen and oxygen atoms in total. The van der Waals surface area contributed by atoms with Gasteiger partial charge in [-0.2, -0.15) is 0 Å². The average Bonchev–Trinajstić information content (AvgIpc) is 2.33. The molecule has 0 bridgehead atoms. The van der Waals surface area contributed by atoms with E-state index in [4.69, 9.17) is 11.6 Å². The van der Waals surface area contributed by atoms with Crippen LogP contribution >= 0.6 is 11.6 Å². The summed E-state index contributed by atoms with van der Waals surface area (Å²) in [4.78, 5) is 0. The van der Waals surface area contributed by atoms with Crippen LogP contribution in [0.2, 0.25) is 5.02 Å². The molecule has 0 fully saturated rings. The molecule has 1 aromatic carbocycles. The Balaban J connectivity index is 2.59. The first kappa shape index (κ1) is 15.7. The summed E-state index contributed by atoms with van der Waals surface area (Å²) in [5.41, 5.74) is 1.22. The number of nitrogens with one attached hydrogen (secondary N) is 1. The van der Waals surface area contributed by atoms with Crippen LogP contribution in [0, 0.1) is 0 Å². The summed E-state index contributed by atoms with van der Waals surface area (Å²) in [7, 11) is -0.712. The summed E-state index contributed by atoms with van der Waals surface area (Å²) in [5.74, 6) is 0.750. The van der Waals surface area contributed by atoms with E-state index in [0.29, 0.717) is 12.1 Å². The van der Waals surface area contributed by atoms with E-state index in [2.05, 4.69) is 25.2 Å². The zero-order valence-electron chi connectivity index (χ0n) is 11.3. The van der Waals surface area contributed by atoms with Crippen molar-refractivity contribution in [2.45, 2.75) is 38.8 Å². The van der Waals surface area contributed by atoms with Crippen molar-refractivity contribution in [2.24, 2.45) is 0 Å². The number of rotatable bonds is 7. The topological polar surface area (TPSA) is 29.1 Å². The highest BCUT2D eigenvalue weighted by Gasteiger charge is 2.12. The maximum Gasteiger partial charge on any atom is 0.0409 e. The third-order valence-electron chi connectivity index (χ3n) is 2.98. The lowest BCUT2D eigenvalue weighted by Crippen LogP contribution is -2.31. The van der Waals surface area contributed by atoms with Crippen molar-refractivity contribution in [1.82, 2.24) is 5.32 Å². The molecule has 0 radical (unpaired) electrons. The zero-order chi connectivity index (χ0) is 13.5. The first-order chi connectivity index (χ1) is 8.52. The molecule has 3 atom stereocenters. The fraction of sp³-hybridized carbons (Fsp3) is 0.571. The predicted octanol–water partition coefficient (Wildman–Crippen LogP) is 3.54. The maximum absolute atomic E-state index is 11.1. The van der Waals surface area contributed by atoms with Crippen molar-refractivity contribution in [2.75, 3.05) is 12.0 Å². The molecular weight excluding hydrogens is 266 g/mol. The van der Waals surface area contributed by atoms with Crippen molar-refractivity contribution < 1.29 is 4.21 Å². The Morgan fingerprint density at radius 1 is 1.44 bits per heavy atom. The SMILES string of the molecule is CCC(NC(C)CCS(C)=O)c1cccc(Cl)c1. The van der Waals surface area contributed by atoms with Crippen LogP contribution in [0.25, 0.3) is 0 Å². The molecule has 102 valence electrons. The van der Waals surface area contributed by atoms with E-state index in [1.54, 1.807) is 6.26 Å². The van der Waals surface area contributed by atoms with Gasteiger partial charge in [0.15, 0.2) is 0 Å². The number of hydrogen-bond donors (Lipinski definition) is 1. The number of benzene rings is 1. The van der Waals surface area contributed by atoms with Crippen LogP contribution in [0.3, 0.4) is 0 Å². The highest BCUT2D eigenvalue weighted by atomic mass is 35.5. The van der Waals surface area contributed by atoms with Gasteiger partial charge in [0.05, 0.1) is 0 Å². The van der Waals surface area contributed by atoms with Gasteiger partial charge in [-0.25, -0.2) is 0 Å². The largest absolute Gasteiger partial charge is 0.307 e. The first-order valence-corrected chi connectivity index (χ1v) is 8.45. The molecule has 4 heteroatoms. The van der Waals surface area contributed by atoms with E-state index in [-0.39, 0.29) is 0 Å². The van der Waals surface area contributed by atoms with Crippen molar-refractivity contribution in [3.05, 3.63) is 34.9 Å². The van der Waals surface area contributed by atoms with E-state index in [1.807, 2.05) is 18.2 Å². The van der Waals surface area contributed by atoms with Crippen LogP contribution in [0.1, 0.15) is 38.3 Å². The van der Waals surface area contributed by atoms with Gasteiger partial charge >= 0.3 is 0 Å². The van der Waals surface area contributed by atoms with Crippen molar-refractivity contribution in [3.8, 4) is 0 Å². The van der Waals surface area contributed by atoms with Gasteiger partial charge in [0.25, 0.3) is 0 Å². The molecule has 0 aromatic heterocycles. The predicted molar refractivity (Wildman–Crippen MR) is 80.6 cm³/mol. The lowest BCUT2D eigenvalue weighted by atomic mass is 10.0. The molecular formula is C14H22ClNOS. The molecule has 0 spiro atoms. The highest BCUT2D eigenvalue weighted by Crippen LogP contribution is 2.21. The van der Waals surface area contributed by atoms with Crippen LogP contribution in [-0.4, -0.2) is 22.3 Å². The summed E-state index contributed by atoms with van der Waals surface area (Å²) in [6.07, 6.45) is 3.70. The Bertz CT molecular complexity index is 397. The second kappa shape index (κ2) is 7.93. The molecule has 18 heavy (non-hydrogen) atoms. The molecule has 0 aliphatic carbocycles. The highest BCUT2D eigenvalue weighted by molar-refractivity contribution is 7.84. The van der Waals surface area contributed by atoms with Crippen LogP contribution in [0.4, 0.5) is 0 Å². The third kappa shape index (κ3) is 5.51. The second-order valence-electron chi connectivity index (χ2n) is 4.65. The minimum Gasteiger partial charge on any atom is -0.307 e. The minimum atomic E-state index is -0.712. The quantitative estimate of drug-likeness (QED) is 0.831. The first-order valence-electron chi connectivity index (χ1n) is 6.34. The molecule has 0 heterocycles. The molecule has 3 unspecified atom stereocenters. The summed E-state index contributed by atoms with van der Waals surface area (Å²) >= 11 is 6.02. The van der Waals surface area contributed by atoms with E-state index >= 15 is 0 Å². The Hall–Kier alpha value is -0.380. The van der Waals surface area contributed by atoms with Gasteiger partial charge < -0.3 is 5.32 Å². The summed E-state index contributed by atoms with van der Waals surface area (Å²) in [6.45, 7) is 4.29.